The van der Waals surface area contributed by atoms with E-state index >= 15 is 0 Å². The molecule has 134 valence electrons. The first kappa shape index (κ1) is 20.8. The quantitative estimate of drug-likeness (QED) is 0.272. The van der Waals surface area contributed by atoms with Crippen LogP contribution in [0.2, 0.25) is 0 Å². The number of aromatic nitrogens is 4. The van der Waals surface area contributed by atoms with E-state index < -0.39 is 0 Å². The van der Waals surface area contributed by atoms with E-state index in [1.165, 1.54) is 5.01 Å². The second-order valence-electron chi connectivity index (χ2n) is 5.26. The van der Waals surface area contributed by atoms with Crippen molar-refractivity contribution in [3.05, 3.63) is 28.2 Å². The highest BCUT2D eigenvalue weighted by Gasteiger charge is 2.02. The number of nitrogens with one attached hydrogen (secondary N) is 2. The summed E-state index contributed by atoms with van der Waals surface area (Å²) in [6.07, 6.45) is 4.81. The average Bonchev–Trinajstić information content (AvgIpc) is 3.13. The number of aryl methyl sites for hydroxylation is 3. The van der Waals surface area contributed by atoms with Crippen LogP contribution >= 0.6 is 35.3 Å². The molecule has 0 saturated carbocycles. The minimum absolute atomic E-state index is 0. The third-order valence-electron chi connectivity index (χ3n) is 3.30. The molecule has 24 heavy (non-hydrogen) atoms. The largest absolute Gasteiger partial charge is 0.357 e. The maximum Gasteiger partial charge on any atom is 0.191 e. The summed E-state index contributed by atoms with van der Waals surface area (Å²) in [6.45, 7) is 6.35. The lowest BCUT2D eigenvalue weighted by molar-refractivity contribution is 0.681. The third-order valence-corrected chi connectivity index (χ3v) is 4.33. The molecule has 7 nitrogen and oxygen atoms in total. The van der Waals surface area contributed by atoms with Crippen molar-refractivity contribution in [1.82, 2.24) is 30.4 Å². The number of halogens is 1. The third kappa shape index (κ3) is 7.12. The van der Waals surface area contributed by atoms with Gasteiger partial charge in [-0.1, -0.05) is 0 Å². The number of guanidine groups is 1. The van der Waals surface area contributed by atoms with Crippen LogP contribution in [0.5, 0.6) is 0 Å². The van der Waals surface area contributed by atoms with E-state index in [1.807, 2.05) is 14.0 Å². The van der Waals surface area contributed by atoms with Gasteiger partial charge in [0.05, 0.1) is 5.01 Å². The first-order chi connectivity index (χ1) is 11.2. The van der Waals surface area contributed by atoms with Crippen LogP contribution in [0.25, 0.3) is 0 Å². The maximum atomic E-state index is 4.54. The fourth-order valence-electron chi connectivity index (χ4n) is 2.08. The predicted molar refractivity (Wildman–Crippen MR) is 109 cm³/mol. The van der Waals surface area contributed by atoms with Gasteiger partial charge in [-0.2, -0.15) is 5.10 Å². The van der Waals surface area contributed by atoms with Crippen LogP contribution in [0.15, 0.2) is 16.7 Å². The second kappa shape index (κ2) is 11.3. The predicted octanol–water partition coefficient (Wildman–Crippen LogP) is 2.28. The van der Waals surface area contributed by atoms with Crippen molar-refractivity contribution >= 4 is 41.3 Å². The van der Waals surface area contributed by atoms with Crippen LogP contribution in [0, 0.1) is 6.92 Å². The zero-order valence-corrected chi connectivity index (χ0v) is 17.6. The van der Waals surface area contributed by atoms with Gasteiger partial charge < -0.3 is 10.6 Å². The van der Waals surface area contributed by atoms with Gasteiger partial charge >= 0.3 is 0 Å². The first-order valence-corrected chi connectivity index (χ1v) is 8.83. The van der Waals surface area contributed by atoms with Crippen LogP contribution < -0.4 is 10.6 Å². The van der Waals surface area contributed by atoms with E-state index in [4.69, 9.17) is 0 Å². The molecular formula is C15H26IN7S. The summed E-state index contributed by atoms with van der Waals surface area (Å²) >= 11 is 1.75. The van der Waals surface area contributed by atoms with Gasteiger partial charge in [0.15, 0.2) is 5.96 Å². The molecule has 2 heterocycles. The van der Waals surface area contributed by atoms with E-state index in [2.05, 4.69) is 43.0 Å². The van der Waals surface area contributed by atoms with Crippen molar-refractivity contribution in [3.8, 4) is 0 Å². The van der Waals surface area contributed by atoms with Crippen molar-refractivity contribution < 1.29 is 0 Å². The molecular weight excluding hydrogens is 437 g/mol. The van der Waals surface area contributed by atoms with Crippen LogP contribution in [0.4, 0.5) is 0 Å². The van der Waals surface area contributed by atoms with Crippen LogP contribution in [-0.4, -0.2) is 38.8 Å². The molecule has 0 saturated heterocycles. The maximum absolute atomic E-state index is 4.54. The Morgan fingerprint density at radius 2 is 2.17 bits per heavy atom. The van der Waals surface area contributed by atoms with Gasteiger partial charge in [-0.3, -0.25) is 4.68 Å². The Kier molecular flexibility index (Phi) is 9.84. The highest BCUT2D eigenvalue weighted by molar-refractivity contribution is 14.0. The summed E-state index contributed by atoms with van der Waals surface area (Å²) in [4.78, 5) is 13.2. The summed E-state index contributed by atoms with van der Waals surface area (Å²) < 4.78 is 1.74. The lowest BCUT2D eigenvalue weighted by Gasteiger charge is -2.10. The molecule has 2 aromatic heterocycles. The molecule has 0 fully saturated rings. The molecule has 0 bridgehead atoms. The van der Waals surface area contributed by atoms with Crippen molar-refractivity contribution in [1.29, 1.82) is 0 Å². The monoisotopic (exact) mass is 463 g/mol. The number of aliphatic imine (C=N–C) groups is 1. The van der Waals surface area contributed by atoms with Gasteiger partial charge in [-0.15, -0.1) is 35.3 Å². The fraction of sp³-hybridized carbons (Fsp3) is 0.600. The molecule has 0 aliphatic rings. The van der Waals surface area contributed by atoms with Gasteiger partial charge in [0, 0.05) is 31.2 Å². The second-order valence-corrected chi connectivity index (χ2v) is 6.20. The minimum Gasteiger partial charge on any atom is -0.357 e. The summed E-state index contributed by atoms with van der Waals surface area (Å²) in [6, 6.07) is 0. The molecule has 0 aliphatic carbocycles. The topological polar surface area (TPSA) is 80.0 Å². The smallest absolute Gasteiger partial charge is 0.191 e. The van der Waals surface area contributed by atoms with Gasteiger partial charge in [0.25, 0.3) is 0 Å². The average molecular weight is 463 g/mol. The fourth-order valence-corrected chi connectivity index (χ4v) is 2.90. The van der Waals surface area contributed by atoms with Gasteiger partial charge in [0.2, 0.25) is 0 Å². The van der Waals surface area contributed by atoms with Crippen LogP contribution in [-0.2, 0) is 20.0 Å². The molecule has 2 N–H and O–H groups in total. The molecule has 0 amide bonds. The number of nitrogens with zero attached hydrogens (tertiary/aromatic N) is 5. The Labute approximate surface area is 164 Å². The summed E-state index contributed by atoms with van der Waals surface area (Å²) in [5.74, 6) is 1.67. The van der Waals surface area contributed by atoms with Crippen molar-refractivity contribution in [3.63, 3.8) is 0 Å². The molecule has 0 atom stereocenters. The SMILES string of the molecule is CCNC(=NCc1ncnn1C)NCCCCc1nc(C)cs1.I. The Morgan fingerprint density at radius 1 is 1.33 bits per heavy atom. The van der Waals surface area contributed by atoms with Crippen LogP contribution in [0.1, 0.15) is 36.3 Å². The molecule has 0 aliphatic heterocycles. The van der Waals surface area contributed by atoms with Gasteiger partial charge in [0.1, 0.15) is 18.7 Å². The number of hydrogen-bond acceptors (Lipinski definition) is 5. The zero-order valence-electron chi connectivity index (χ0n) is 14.4. The van der Waals surface area contributed by atoms with E-state index in [1.54, 1.807) is 22.3 Å². The lowest BCUT2D eigenvalue weighted by atomic mass is 10.2. The van der Waals surface area contributed by atoms with Crippen LogP contribution in [0.3, 0.4) is 0 Å². The molecule has 0 unspecified atom stereocenters. The Morgan fingerprint density at radius 3 is 2.79 bits per heavy atom. The Bertz CT molecular complexity index is 623. The zero-order chi connectivity index (χ0) is 16.5. The molecule has 0 radical (unpaired) electrons. The highest BCUT2D eigenvalue weighted by atomic mass is 127. The highest BCUT2D eigenvalue weighted by Crippen LogP contribution is 2.11. The van der Waals surface area contributed by atoms with Gasteiger partial charge in [-0.25, -0.2) is 15.0 Å². The standard InChI is InChI=1S/C15H25N7S.HI/c1-4-16-15(18-9-13-19-11-20-22(13)3)17-8-6-5-7-14-21-12(2)10-23-14;/h10-11H,4-9H2,1-3H3,(H2,16,17,18);1H. The number of thiazole rings is 1. The van der Waals surface area contributed by atoms with E-state index in [0.717, 1.165) is 49.8 Å². The normalized spacial score (nSPS) is 11.2. The Hall–Kier alpha value is -1.23. The molecule has 9 heteroatoms. The minimum atomic E-state index is 0. The summed E-state index contributed by atoms with van der Waals surface area (Å²) in [7, 11) is 1.87. The van der Waals surface area contributed by atoms with Crippen molar-refractivity contribution in [2.24, 2.45) is 12.0 Å². The summed E-state index contributed by atoms with van der Waals surface area (Å²) in [5.41, 5.74) is 1.12. The van der Waals surface area contributed by atoms with Gasteiger partial charge in [-0.05, 0) is 33.1 Å². The molecule has 0 spiro atoms. The van der Waals surface area contributed by atoms with E-state index in [-0.39, 0.29) is 24.0 Å². The number of rotatable bonds is 8. The molecule has 0 aromatic carbocycles. The molecule has 2 rings (SSSR count). The van der Waals surface area contributed by atoms with E-state index in [9.17, 15) is 0 Å². The van der Waals surface area contributed by atoms with Crippen molar-refractivity contribution in [2.75, 3.05) is 13.1 Å². The first-order valence-electron chi connectivity index (χ1n) is 7.95. The van der Waals surface area contributed by atoms with E-state index in [0.29, 0.717) is 6.54 Å². The number of unbranched alkanes of at least 4 members (excludes halogenated alkanes) is 1. The number of hydrogen-bond donors (Lipinski definition) is 2. The van der Waals surface area contributed by atoms with Crippen molar-refractivity contribution in [2.45, 2.75) is 39.7 Å². The lowest BCUT2D eigenvalue weighted by Crippen LogP contribution is -2.37. The summed E-state index contributed by atoms with van der Waals surface area (Å²) in [5, 5.41) is 14.0. The Balaban J connectivity index is 0.00000288. The molecule has 2 aromatic rings.